The first-order valence-corrected chi connectivity index (χ1v) is 5.62. The van der Waals surface area contributed by atoms with Gasteiger partial charge in [-0.1, -0.05) is 0 Å². The number of carbonyl (C=O) groups is 2. The summed E-state index contributed by atoms with van der Waals surface area (Å²) >= 11 is 0. The molecule has 18 heavy (non-hydrogen) atoms. The van der Waals surface area contributed by atoms with Crippen LogP contribution >= 0.6 is 0 Å². The Balaban J connectivity index is 2.62. The smallest absolute Gasteiger partial charge is 0.189 e. The van der Waals surface area contributed by atoms with Gasteiger partial charge in [0.05, 0.1) is 11.1 Å². The molecule has 2 aliphatic heterocycles. The second-order valence-electron chi connectivity index (χ2n) is 4.32. The molecule has 0 unspecified atom stereocenters. The molecule has 4 nitrogen and oxygen atoms in total. The van der Waals surface area contributed by atoms with Crippen LogP contribution in [0.15, 0.2) is 34.5 Å². The van der Waals surface area contributed by atoms with Gasteiger partial charge < -0.3 is 0 Å². The van der Waals surface area contributed by atoms with E-state index in [1.807, 2.05) is 13.8 Å². The van der Waals surface area contributed by atoms with Crippen molar-refractivity contribution in [3.8, 4) is 0 Å². The summed E-state index contributed by atoms with van der Waals surface area (Å²) in [4.78, 5) is 32.3. The quantitative estimate of drug-likeness (QED) is 0.676. The topological polar surface area (TPSA) is 58.9 Å². The van der Waals surface area contributed by atoms with E-state index in [1.54, 1.807) is 0 Å². The third-order valence-electron chi connectivity index (χ3n) is 3.36. The predicted molar refractivity (Wildman–Crippen MR) is 65.2 cm³/mol. The van der Waals surface area contributed by atoms with Crippen molar-refractivity contribution in [2.75, 3.05) is 0 Å². The largest absolute Gasteiger partial charge is 0.289 e. The second-order valence-corrected chi connectivity index (χ2v) is 4.32. The fourth-order valence-corrected chi connectivity index (χ4v) is 2.35. The highest BCUT2D eigenvalue weighted by atomic mass is 16.1. The summed E-state index contributed by atoms with van der Waals surface area (Å²) in [6.45, 7) is 3.68. The molecule has 0 spiro atoms. The van der Waals surface area contributed by atoms with Crippen LogP contribution in [0.2, 0.25) is 0 Å². The van der Waals surface area contributed by atoms with Crippen molar-refractivity contribution in [3.63, 3.8) is 0 Å². The van der Waals surface area contributed by atoms with Crippen molar-refractivity contribution in [1.82, 2.24) is 0 Å². The SMILES string of the molecule is Cc1c(C)c2c(c3c1C(=O)C=CN=3)=NC=CC2=O. The van der Waals surface area contributed by atoms with Gasteiger partial charge in [-0.25, -0.2) is 0 Å². The van der Waals surface area contributed by atoms with Crippen LogP contribution in [0, 0.1) is 13.8 Å². The van der Waals surface area contributed by atoms with E-state index in [0.29, 0.717) is 21.8 Å². The molecule has 1 aromatic carbocycles. The zero-order valence-corrected chi connectivity index (χ0v) is 10.0. The highest BCUT2D eigenvalue weighted by Gasteiger charge is 2.22. The first-order valence-electron chi connectivity index (χ1n) is 5.62. The van der Waals surface area contributed by atoms with E-state index >= 15 is 0 Å². The standard InChI is InChI=1S/C14H10N2O2/c1-7-8(2)12-10(18)4-6-16-14(12)13-11(7)9(17)3-5-15-13/h3-6H,1-2H3. The lowest BCUT2D eigenvalue weighted by Crippen LogP contribution is -2.39. The van der Waals surface area contributed by atoms with Gasteiger partial charge in [0, 0.05) is 24.6 Å². The summed E-state index contributed by atoms with van der Waals surface area (Å²) in [6, 6.07) is 0. The van der Waals surface area contributed by atoms with Gasteiger partial charge in [0.25, 0.3) is 0 Å². The van der Waals surface area contributed by atoms with Gasteiger partial charge in [0.15, 0.2) is 11.6 Å². The Hall–Kier alpha value is -2.36. The van der Waals surface area contributed by atoms with Crippen molar-refractivity contribution in [2.45, 2.75) is 13.8 Å². The van der Waals surface area contributed by atoms with Gasteiger partial charge in [-0.3, -0.25) is 19.6 Å². The van der Waals surface area contributed by atoms with E-state index in [9.17, 15) is 9.59 Å². The van der Waals surface area contributed by atoms with Crippen LogP contribution in [0.25, 0.3) is 0 Å². The number of hydrogen-bond acceptors (Lipinski definition) is 4. The lowest BCUT2D eigenvalue weighted by molar-refractivity contribution is 0.103. The van der Waals surface area contributed by atoms with Crippen LogP contribution in [0.1, 0.15) is 31.8 Å². The monoisotopic (exact) mass is 238 g/mol. The molecule has 88 valence electrons. The fraction of sp³-hybridized carbons (Fsp3) is 0.143. The molecule has 0 amide bonds. The van der Waals surface area contributed by atoms with Crippen molar-refractivity contribution >= 4 is 11.6 Å². The Morgan fingerprint density at radius 2 is 1.17 bits per heavy atom. The molecule has 2 aliphatic rings. The van der Waals surface area contributed by atoms with E-state index in [0.717, 1.165) is 11.1 Å². The third kappa shape index (κ3) is 1.26. The molecule has 0 aliphatic carbocycles. The summed E-state index contributed by atoms with van der Waals surface area (Å²) in [7, 11) is 0. The summed E-state index contributed by atoms with van der Waals surface area (Å²) in [5.41, 5.74) is 2.72. The van der Waals surface area contributed by atoms with Gasteiger partial charge in [-0.15, -0.1) is 0 Å². The molecule has 2 heterocycles. The van der Waals surface area contributed by atoms with Crippen molar-refractivity contribution < 1.29 is 9.59 Å². The van der Waals surface area contributed by atoms with Gasteiger partial charge in [0.2, 0.25) is 0 Å². The maximum Gasteiger partial charge on any atom is 0.189 e. The molecule has 1 aromatic rings. The molecule has 0 fully saturated rings. The lowest BCUT2D eigenvalue weighted by atomic mass is 9.91. The number of benzene rings is 1. The third-order valence-corrected chi connectivity index (χ3v) is 3.36. The number of allylic oxidation sites excluding steroid dienone is 2. The van der Waals surface area contributed by atoms with Crippen molar-refractivity contribution in [2.24, 2.45) is 9.98 Å². The van der Waals surface area contributed by atoms with E-state index in [1.165, 1.54) is 24.6 Å². The Morgan fingerprint density at radius 1 is 0.778 bits per heavy atom. The molecule has 0 aromatic heterocycles. The normalized spacial score (nSPS) is 15.9. The summed E-state index contributed by atoms with van der Waals surface area (Å²) in [5, 5.41) is 1.02. The molecule has 0 bridgehead atoms. The van der Waals surface area contributed by atoms with Crippen LogP contribution in [-0.4, -0.2) is 11.6 Å². The maximum absolute atomic E-state index is 11.9. The average Bonchev–Trinajstić information content (AvgIpc) is 2.35. The van der Waals surface area contributed by atoms with Gasteiger partial charge in [-0.05, 0) is 25.0 Å². The minimum absolute atomic E-state index is 0.0828. The molecule has 0 saturated carbocycles. The number of rotatable bonds is 0. The van der Waals surface area contributed by atoms with Crippen molar-refractivity contribution in [3.05, 3.63) is 57.5 Å². The van der Waals surface area contributed by atoms with E-state index in [4.69, 9.17) is 0 Å². The summed E-state index contributed by atoms with van der Waals surface area (Å²) in [5.74, 6) is -0.166. The lowest BCUT2D eigenvalue weighted by Gasteiger charge is -2.14. The van der Waals surface area contributed by atoms with Crippen LogP contribution in [0.3, 0.4) is 0 Å². The van der Waals surface area contributed by atoms with E-state index in [2.05, 4.69) is 9.98 Å². The Labute approximate surface area is 103 Å². The highest BCUT2D eigenvalue weighted by molar-refractivity contribution is 6.09. The minimum Gasteiger partial charge on any atom is -0.289 e. The van der Waals surface area contributed by atoms with Crippen LogP contribution in [0.4, 0.5) is 0 Å². The van der Waals surface area contributed by atoms with E-state index in [-0.39, 0.29) is 11.6 Å². The Bertz CT molecular complexity index is 716. The second kappa shape index (κ2) is 3.57. The van der Waals surface area contributed by atoms with Gasteiger partial charge in [-0.2, -0.15) is 0 Å². The molecular formula is C14H10N2O2. The molecule has 0 atom stereocenters. The molecule has 0 N–H and O–H groups in total. The van der Waals surface area contributed by atoms with Crippen LogP contribution in [-0.2, 0) is 0 Å². The zero-order chi connectivity index (χ0) is 12.9. The Morgan fingerprint density at radius 3 is 1.56 bits per heavy atom. The Kier molecular flexibility index (Phi) is 2.13. The maximum atomic E-state index is 11.9. The zero-order valence-electron chi connectivity index (χ0n) is 10.0. The number of carbonyl (C=O) groups excluding carboxylic acids is 2. The van der Waals surface area contributed by atoms with Crippen LogP contribution < -0.4 is 10.7 Å². The van der Waals surface area contributed by atoms with Gasteiger partial charge >= 0.3 is 0 Å². The molecule has 0 radical (unpaired) electrons. The highest BCUT2D eigenvalue weighted by Crippen LogP contribution is 2.16. The molecular weight excluding hydrogens is 228 g/mol. The minimum atomic E-state index is -0.0828. The average molecular weight is 238 g/mol. The predicted octanol–water partition coefficient (Wildman–Crippen LogP) is 0.963. The molecule has 3 rings (SSSR count). The number of fused-ring (bicyclic) bond motifs is 3. The first kappa shape index (κ1) is 10.8. The molecule has 0 saturated heterocycles. The number of nitrogens with zero attached hydrogens (tertiary/aromatic N) is 2. The van der Waals surface area contributed by atoms with Crippen LogP contribution in [0.5, 0.6) is 0 Å². The fourth-order valence-electron chi connectivity index (χ4n) is 2.35. The number of ketones is 2. The van der Waals surface area contributed by atoms with Crippen molar-refractivity contribution in [1.29, 1.82) is 0 Å². The summed E-state index contributed by atoms with van der Waals surface area (Å²) < 4.78 is 0. The van der Waals surface area contributed by atoms with E-state index < -0.39 is 0 Å². The first-order chi connectivity index (χ1) is 8.61. The summed E-state index contributed by atoms with van der Waals surface area (Å²) in [6.07, 6.45) is 5.78. The molecule has 4 heteroatoms. The number of hydrogen-bond donors (Lipinski definition) is 0. The van der Waals surface area contributed by atoms with Gasteiger partial charge in [0.1, 0.15) is 10.7 Å².